The third kappa shape index (κ3) is 1.98. The lowest BCUT2D eigenvalue weighted by atomic mass is 9.91. The molecule has 0 saturated carbocycles. The summed E-state index contributed by atoms with van der Waals surface area (Å²) < 4.78 is 13.9. The number of Topliss-reactive ketones (excluding diaryl/α,β-unsaturated/α-hetero) is 1. The lowest BCUT2D eigenvalue weighted by Gasteiger charge is -2.30. The van der Waals surface area contributed by atoms with E-state index < -0.39 is 17.0 Å². The smallest absolute Gasteiger partial charge is 0.307 e. The van der Waals surface area contributed by atoms with Crippen molar-refractivity contribution in [1.82, 2.24) is 5.06 Å². The van der Waals surface area contributed by atoms with Crippen LogP contribution in [-0.2, 0) is 4.79 Å². The van der Waals surface area contributed by atoms with Gasteiger partial charge in [0.25, 0.3) is 0 Å². The van der Waals surface area contributed by atoms with Gasteiger partial charge in [0.1, 0.15) is 11.4 Å². The Bertz CT molecular complexity index is 654. The summed E-state index contributed by atoms with van der Waals surface area (Å²) in [6.45, 7) is 7.49. The van der Waals surface area contributed by atoms with Crippen molar-refractivity contribution in [2.24, 2.45) is 0 Å². The van der Waals surface area contributed by atoms with Crippen LogP contribution in [0.5, 0.6) is 0 Å². The van der Waals surface area contributed by atoms with Crippen molar-refractivity contribution in [2.45, 2.75) is 45.8 Å². The maximum Gasteiger partial charge on any atom is 0.307 e. The molecule has 0 spiro atoms. The van der Waals surface area contributed by atoms with Gasteiger partial charge in [-0.25, -0.2) is 4.39 Å². The number of hydrogen-bond donors (Lipinski definition) is 1. The molecule has 1 N–H and O–H groups in total. The average Bonchev–Trinajstić information content (AvgIpc) is 2.53. The monoisotopic (exact) mass is 294 g/mol. The molecule has 5 nitrogen and oxygen atoms in total. The first-order valence-corrected chi connectivity index (χ1v) is 6.66. The van der Waals surface area contributed by atoms with E-state index >= 15 is 0 Å². The number of halogens is 1. The van der Waals surface area contributed by atoms with Crippen molar-refractivity contribution in [3.63, 3.8) is 0 Å². The van der Waals surface area contributed by atoms with Crippen molar-refractivity contribution in [3.05, 3.63) is 40.4 Å². The first-order chi connectivity index (χ1) is 9.54. The Morgan fingerprint density at radius 1 is 1.38 bits per heavy atom. The van der Waals surface area contributed by atoms with Crippen LogP contribution in [0.4, 0.5) is 4.39 Å². The minimum atomic E-state index is -1.69. The van der Waals surface area contributed by atoms with Crippen molar-refractivity contribution in [3.8, 4) is 0 Å². The summed E-state index contributed by atoms with van der Waals surface area (Å²) in [4.78, 5) is 11.9. The number of nitrogens with zero attached hydrogens (tertiary/aromatic N) is 2. The van der Waals surface area contributed by atoms with E-state index in [9.17, 15) is 19.6 Å². The maximum absolute atomic E-state index is 13.4. The van der Waals surface area contributed by atoms with Crippen molar-refractivity contribution in [1.29, 1.82) is 0 Å². The van der Waals surface area contributed by atoms with Gasteiger partial charge in [-0.1, -0.05) is 0 Å². The molecular formula is C15H19FN2O3. The topological polar surface area (TPSA) is 66.6 Å². The summed E-state index contributed by atoms with van der Waals surface area (Å²) in [5.74, 6) is -0.843. The number of carbonyl (C=O) groups excluding carboxylic acids is 1. The normalized spacial score (nSPS) is 25.5. The van der Waals surface area contributed by atoms with E-state index in [1.54, 1.807) is 20.8 Å². The SMILES string of the molecule is CC(=O)[C@]1(C)N(O)C(C)(C)C(c2ccc(F)c(C)c2)=[N+]1[O-]. The third-order valence-electron chi connectivity index (χ3n) is 4.22. The first kappa shape index (κ1) is 15.6. The van der Waals surface area contributed by atoms with Gasteiger partial charge in [0, 0.05) is 19.4 Å². The van der Waals surface area contributed by atoms with Gasteiger partial charge in [-0.2, -0.15) is 4.74 Å². The Labute approximate surface area is 122 Å². The van der Waals surface area contributed by atoms with Gasteiger partial charge < -0.3 is 10.4 Å². The molecule has 0 bridgehead atoms. The number of hydrogen-bond acceptors (Lipinski definition) is 4. The van der Waals surface area contributed by atoms with Gasteiger partial charge in [0.15, 0.2) is 0 Å². The van der Waals surface area contributed by atoms with Crippen LogP contribution in [-0.4, -0.2) is 37.7 Å². The van der Waals surface area contributed by atoms with Crippen LogP contribution >= 0.6 is 0 Å². The van der Waals surface area contributed by atoms with Crippen LogP contribution in [0, 0.1) is 17.9 Å². The predicted molar refractivity (Wildman–Crippen MR) is 75.7 cm³/mol. The Morgan fingerprint density at radius 3 is 2.38 bits per heavy atom. The molecule has 0 aliphatic carbocycles. The Morgan fingerprint density at radius 2 is 1.95 bits per heavy atom. The lowest BCUT2D eigenvalue weighted by Crippen LogP contribution is -2.57. The van der Waals surface area contributed by atoms with Crippen molar-refractivity contribution < 1.29 is 19.1 Å². The van der Waals surface area contributed by atoms with Gasteiger partial charge in [-0.05, 0) is 44.5 Å². The molecule has 0 unspecified atom stereocenters. The zero-order valence-corrected chi connectivity index (χ0v) is 12.8. The molecule has 1 aliphatic rings. The molecular weight excluding hydrogens is 275 g/mol. The van der Waals surface area contributed by atoms with E-state index in [4.69, 9.17) is 0 Å². The molecule has 1 aromatic rings. The summed E-state index contributed by atoms with van der Waals surface area (Å²) in [6, 6.07) is 4.29. The van der Waals surface area contributed by atoms with Gasteiger partial charge in [0.05, 0.1) is 0 Å². The van der Waals surface area contributed by atoms with E-state index in [1.807, 2.05) is 0 Å². The molecule has 6 heteroatoms. The first-order valence-electron chi connectivity index (χ1n) is 6.66. The third-order valence-corrected chi connectivity index (χ3v) is 4.22. The Balaban J connectivity index is 2.72. The summed E-state index contributed by atoms with van der Waals surface area (Å²) >= 11 is 0. The second-order valence-electron chi connectivity index (χ2n) is 6.05. The Kier molecular flexibility index (Phi) is 3.42. The summed E-state index contributed by atoms with van der Waals surface area (Å²) in [7, 11) is 0. The zero-order valence-electron chi connectivity index (χ0n) is 12.8. The number of benzene rings is 1. The predicted octanol–water partition coefficient (Wildman–Crippen LogP) is 2.22. The molecule has 21 heavy (non-hydrogen) atoms. The number of carbonyl (C=O) groups is 1. The van der Waals surface area contributed by atoms with E-state index in [-0.39, 0.29) is 11.5 Å². The fraction of sp³-hybridized carbons (Fsp3) is 0.467. The lowest BCUT2D eigenvalue weighted by molar-refractivity contribution is -0.565. The van der Waals surface area contributed by atoms with Gasteiger partial charge in [-0.15, -0.1) is 5.06 Å². The highest BCUT2D eigenvalue weighted by Gasteiger charge is 2.62. The van der Waals surface area contributed by atoms with Crippen LogP contribution in [0.1, 0.15) is 38.8 Å². The van der Waals surface area contributed by atoms with Crippen LogP contribution in [0.3, 0.4) is 0 Å². The molecule has 0 saturated heterocycles. The molecule has 1 heterocycles. The van der Waals surface area contributed by atoms with Crippen LogP contribution in [0.2, 0.25) is 0 Å². The van der Waals surface area contributed by atoms with E-state index in [0.717, 1.165) is 5.06 Å². The highest BCUT2D eigenvalue weighted by molar-refractivity contribution is 6.06. The minimum absolute atomic E-state index is 0.228. The van der Waals surface area contributed by atoms with Crippen molar-refractivity contribution >= 4 is 11.5 Å². The molecule has 1 aromatic carbocycles. The average molecular weight is 294 g/mol. The van der Waals surface area contributed by atoms with E-state index in [1.165, 1.54) is 32.0 Å². The van der Waals surface area contributed by atoms with Gasteiger partial charge in [0.2, 0.25) is 11.5 Å². The zero-order chi connectivity index (χ0) is 16.2. The highest BCUT2D eigenvalue weighted by Crippen LogP contribution is 2.35. The number of ketones is 1. The molecule has 1 aliphatic heterocycles. The molecule has 0 fully saturated rings. The van der Waals surface area contributed by atoms with E-state index in [0.29, 0.717) is 15.9 Å². The highest BCUT2D eigenvalue weighted by atomic mass is 19.1. The second kappa shape index (κ2) is 4.61. The van der Waals surface area contributed by atoms with Gasteiger partial charge >= 0.3 is 5.66 Å². The Hall–Kier alpha value is -1.79. The molecule has 0 aromatic heterocycles. The quantitative estimate of drug-likeness (QED) is 0.671. The number of aryl methyl sites for hydroxylation is 1. The fourth-order valence-electron chi connectivity index (χ4n) is 2.75. The van der Waals surface area contributed by atoms with E-state index in [2.05, 4.69) is 0 Å². The molecule has 0 amide bonds. The standard InChI is InChI=1S/C15H19FN2O3/c1-9-8-11(6-7-12(9)16)13-14(3,4)18(21)15(5,10(2)19)17(13)20/h6-8,21H,1-5H3/t15-/m0/s1. The molecule has 1 atom stereocenters. The van der Waals surface area contributed by atoms with Crippen LogP contribution in [0.15, 0.2) is 18.2 Å². The van der Waals surface area contributed by atoms with Crippen LogP contribution in [0.25, 0.3) is 0 Å². The molecule has 114 valence electrons. The molecule has 0 radical (unpaired) electrons. The largest absolute Gasteiger partial charge is 0.622 e. The maximum atomic E-state index is 13.4. The van der Waals surface area contributed by atoms with Gasteiger partial charge in [-0.3, -0.25) is 4.79 Å². The summed E-state index contributed by atoms with van der Waals surface area (Å²) in [5, 5.41) is 23.8. The molecule has 2 rings (SSSR count). The summed E-state index contributed by atoms with van der Waals surface area (Å²) in [6.07, 6.45) is 0. The number of hydroxylamine groups is 3. The second-order valence-corrected chi connectivity index (χ2v) is 6.05. The summed E-state index contributed by atoms with van der Waals surface area (Å²) in [5.41, 5.74) is -1.66. The fourth-order valence-corrected chi connectivity index (χ4v) is 2.75. The van der Waals surface area contributed by atoms with Crippen molar-refractivity contribution in [2.75, 3.05) is 0 Å². The van der Waals surface area contributed by atoms with Crippen LogP contribution < -0.4 is 0 Å². The number of rotatable bonds is 2. The minimum Gasteiger partial charge on any atom is -0.622 e.